The fourth-order valence-corrected chi connectivity index (χ4v) is 3.01. The molecule has 0 bridgehead atoms. The highest BCUT2D eigenvalue weighted by Crippen LogP contribution is 2.31. The smallest absolute Gasteiger partial charge is 0.253 e. The number of rotatable bonds is 6. The molecular formula is C19H21IN2O4. The molecule has 6 nitrogen and oxygen atoms in total. The predicted molar refractivity (Wildman–Crippen MR) is 108 cm³/mol. The van der Waals surface area contributed by atoms with E-state index in [4.69, 9.17) is 9.47 Å². The average molecular weight is 468 g/mol. The first-order chi connectivity index (χ1) is 12.4. The van der Waals surface area contributed by atoms with E-state index in [0.717, 1.165) is 9.13 Å². The normalized spacial score (nSPS) is 10.2. The molecule has 0 unspecified atom stereocenters. The van der Waals surface area contributed by atoms with Crippen LogP contribution in [0.15, 0.2) is 36.4 Å². The van der Waals surface area contributed by atoms with Crippen LogP contribution in [0.3, 0.4) is 0 Å². The van der Waals surface area contributed by atoms with Crippen molar-refractivity contribution in [2.24, 2.45) is 0 Å². The molecule has 0 aromatic heterocycles. The summed E-state index contributed by atoms with van der Waals surface area (Å²) in [6.07, 6.45) is 0. The zero-order valence-electron chi connectivity index (χ0n) is 15.1. The third-order valence-electron chi connectivity index (χ3n) is 3.78. The highest BCUT2D eigenvalue weighted by Gasteiger charge is 2.15. The highest BCUT2D eigenvalue weighted by molar-refractivity contribution is 14.1. The summed E-state index contributed by atoms with van der Waals surface area (Å²) >= 11 is 2.09. The maximum absolute atomic E-state index is 12.5. The highest BCUT2D eigenvalue weighted by atomic mass is 127. The van der Waals surface area contributed by atoms with Gasteiger partial charge in [-0.3, -0.25) is 9.59 Å². The molecule has 2 rings (SSSR count). The Labute approximate surface area is 166 Å². The number of hydrogen-bond donors (Lipinski definition) is 1. The third-order valence-corrected chi connectivity index (χ3v) is 4.67. The van der Waals surface area contributed by atoms with Crippen molar-refractivity contribution in [3.8, 4) is 11.5 Å². The van der Waals surface area contributed by atoms with E-state index in [0.29, 0.717) is 29.2 Å². The van der Waals surface area contributed by atoms with Gasteiger partial charge in [-0.15, -0.1) is 0 Å². The van der Waals surface area contributed by atoms with Gasteiger partial charge >= 0.3 is 0 Å². The van der Waals surface area contributed by atoms with Crippen LogP contribution in [0.5, 0.6) is 11.5 Å². The number of nitrogens with one attached hydrogen (secondary N) is 1. The minimum Gasteiger partial charge on any atom is -0.493 e. The van der Waals surface area contributed by atoms with Crippen LogP contribution in [0.2, 0.25) is 0 Å². The first kappa shape index (κ1) is 20.0. The Morgan fingerprint density at radius 2 is 1.62 bits per heavy atom. The molecule has 7 heteroatoms. The molecule has 0 radical (unpaired) electrons. The number of amides is 2. The van der Waals surface area contributed by atoms with Gasteiger partial charge in [0.05, 0.1) is 19.8 Å². The first-order valence-corrected chi connectivity index (χ1v) is 8.95. The van der Waals surface area contributed by atoms with Crippen molar-refractivity contribution >= 4 is 34.4 Å². The summed E-state index contributed by atoms with van der Waals surface area (Å²) in [6, 6.07) is 10.6. The van der Waals surface area contributed by atoms with E-state index in [2.05, 4.69) is 27.9 Å². The molecule has 0 saturated carbocycles. The van der Waals surface area contributed by atoms with Crippen LogP contribution in [0.1, 0.15) is 26.3 Å². The van der Waals surface area contributed by atoms with Gasteiger partial charge in [0, 0.05) is 29.8 Å². The molecule has 2 amide bonds. The van der Waals surface area contributed by atoms with E-state index in [1.165, 1.54) is 12.0 Å². The molecule has 0 fully saturated rings. The first-order valence-electron chi connectivity index (χ1n) is 7.87. The van der Waals surface area contributed by atoms with Gasteiger partial charge in [-0.2, -0.15) is 0 Å². The van der Waals surface area contributed by atoms with Crippen LogP contribution in [0.4, 0.5) is 0 Å². The van der Waals surface area contributed by atoms with Gasteiger partial charge in [0.25, 0.3) is 11.8 Å². The lowest BCUT2D eigenvalue weighted by molar-refractivity contribution is 0.0827. The summed E-state index contributed by atoms with van der Waals surface area (Å²) in [7, 11) is 6.50. The van der Waals surface area contributed by atoms with Crippen molar-refractivity contribution in [2.45, 2.75) is 6.54 Å². The standard InChI is InChI=1S/C19H21IN2O4/c1-22(2)19(24)13-7-5-12(6-8-13)11-21-18(23)14-9-16(25-3)17(26-4)10-15(14)20/h5-10H,11H2,1-4H3,(H,21,23). The Bertz CT molecular complexity index is 804. The predicted octanol–water partition coefficient (Wildman–Crippen LogP) is 2.94. The van der Waals surface area contributed by atoms with Gasteiger partial charge in [-0.1, -0.05) is 12.1 Å². The minimum absolute atomic E-state index is 0.0551. The Morgan fingerprint density at radius 1 is 1.04 bits per heavy atom. The van der Waals surface area contributed by atoms with Gasteiger partial charge in [0.1, 0.15) is 0 Å². The van der Waals surface area contributed by atoms with E-state index >= 15 is 0 Å². The van der Waals surface area contributed by atoms with Crippen LogP contribution in [0.25, 0.3) is 0 Å². The molecule has 0 atom stereocenters. The molecule has 0 saturated heterocycles. The maximum Gasteiger partial charge on any atom is 0.253 e. The van der Waals surface area contributed by atoms with Crippen molar-refractivity contribution in [3.05, 3.63) is 56.7 Å². The van der Waals surface area contributed by atoms with E-state index in [-0.39, 0.29) is 11.8 Å². The second kappa shape index (κ2) is 8.88. The summed E-state index contributed by atoms with van der Waals surface area (Å²) in [6.45, 7) is 0.361. The number of halogens is 1. The molecule has 0 aliphatic rings. The van der Waals surface area contributed by atoms with Gasteiger partial charge in [-0.25, -0.2) is 0 Å². The zero-order valence-corrected chi connectivity index (χ0v) is 17.3. The van der Waals surface area contributed by atoms with Crippen molar-refractivity contribution in [1.82, 2.24) is 10.2 Å². The van der Waals surface area contributed by atoms with Gasteiger partial charge in [0.15, 0.2) is 11.5 Å². The number of methoxy groups -OCH3 is 2. The summed E-state index contributed by atoms with van der Waals surface area (Å²) in [5.74, 6) is 0.823. The van der Waals surface area contributed by atoms with Crippen LogP contribution < -0.4 is 14.8 Å². The Morgan fingerprint density at radius 3 is 2.15 bits per heavy atom. The fraction of sp³-hybridized carbons (Fsp3) is 0.263. The average Bonchev–Trinajstić information content (AvgIpc) is 2.65. The molecule has 2 aromatic rings. The summed E-state index contributed by atoms with van der Waals surface area (Å²) < 4.78 is 11.3. The van der Waals surface area contributed by atoms with E-state index in [1.807, 2.05) is 12.1 Å². The van der Waals surface area contributed by atoms with Crippen molar-refractivity contribution in [3.63, 3.8) is 0 Å². The number of ether oxygens (including phenoxy) is 2. The summed E-state index contributed by atoms with van der Waals surface area (Å²) in [5, 5.41) is 2.88. The molecule has 1 N–H and O–H groups in total. The molecule has 138 valence electrons. The number of nitrogens with zero attached hydrogens (tertiary/aromatic N) is 1. The minimum atomic E-state index is -0.205. The summed E-state index contributed by atoms with van der Waals surface area (Å²) in [4.78, 5) is 25.9. The lowest BCUT2D eigenvalue weighted by atomic mass is 10.1. The fourth-order valence-electron chi connectivity index (χ4n) is 2.33. The lowest BCUT2D eigenvalue weighted by Crippen LogP contribution is -2.24. The van der Waals surface area contributed by atoms with Crippen LogP contribution in [0, 0.1) is 3.57 Å². The van der Waals surface area contributed by atoms with E-state index in [9.17, 15) is 9.59 Å². The SMILES string of the molecule is COc1cc(I)c(C(=O)NCc2ccc(C(=O)N(C)C)cc2)cc1OC. The molecule has 0 aliphatic carbocycles. The van der Waals surface area contributed by atoms with E-state index < -0.39 is 0 Å². The number of benzene rings is 2. The molecule has 0 aliphatic heterocycles. The van der Waals surface area contributed by atoms with Gasteiger partial charge in [0.2, 0.25) is 0 Å². The quantitative estimate of drug-likeness (QED) is 0.663. The molecule has 2 aromatic carbocycles. The van der Waals surface area contributed by atoms with Gasteiger partial charge < -0.3 is 19.7 Å². The largest absolute Gasteiger partial charge is 0.493 e. The topological polar surface area (TPSA) is 67.9 Å². The van der Waals surface area contributed by atoms with Crippen LogP contribution in [-0.4, -0.2) is 45.0 Å². The number of carbonyl (C=O) groups excluding carboxylic acids is 2. The van der Waals surface area contributed by atoms with Crippen molar-refractivity contribution in [2.75, 3.05) is 28.3 Å². The Kier molecular flexibility index (Phi) is 6.84. The third kappa shape index (κ3) is 4.66. The number of carbonyl (C=O) groups is 2. The second-order valence-electron chi connectivity index (χ2n) is 5.77. The van der Waals surface area contributed by atoms with Crippen molar-refractivity contribution < 1.29 is 19.1 Å². The maximum atomic E-state index is 12.5. The molecular weight excluding hydrogens is 447 g/mol. The molecule has 0 heterocycles. The Balaban J connectivity index is 2.08. The van der Waals surface area contributed by atoms with Crippen molar-refractivity contribution in [1.29, 1.82) is 0 Å². The van der Waals surface area contributed by atoms with E-state index in [1.54, 1.807) is 45.5 Å². The monoisotopic (exact) mass is 468 g/mol. The molecule has 26 heavy (non-hydrogen) atoms. The Hall–Kier alpha value is -2.29. The van der Waals surface area contributed by atoms with Gasteiger partial charge in [-0.05, 0) is 52.4 Å². The molecule has 0 spiro atoms. The van der Waals surface area contributed by atoms with Crippen LogP contribution >= 0.6 is 22.6 Å². The lowest BCUT2D eigenvalue weighted by Gasteiger charge is -2.13. The summed E-state index contributed by atoms with van der Waals surface area (Å²) in [5.41, 5.74) is 2.03. The number of hydrogen-bond acceptors (Lipinski definition) is 4. The second-order valence-corrected chi connectivity index (χ2v) is 6.93. The van der Waals surface area contributed by atoms with Crippen LogP contribution in [-0.2, 0) is 6.54 Å². The zero-order chi connectivity index (χ0) is 19.3.